The van der Waals surface area contributed by atoms with Crippen LogP contribution < -0.4 is 4.74 Å². The highest BCUT2D eigenvalue weighted by Gasteiger charge is 2.14. The summed E-state index contributed by atoms with van der Waals surface area (Å²) in [7, 11) is 0. The van der Waals surface area contributed by atoms with Crippen molar-refractivity contribution in [3.05, 3.63) is 63.4 Å². The fraction of sp³-hybridized carbons (Fsp3) is 0.316. The minimum absolute atomic E-state index is 0.264. The number of unbranched alkanes of at least 4 members (excludes halogenated alkanes) is 1. The maximum absolute atomic E-state index is 10.7. The lowest BCUT2D eigenvalue weighted by molar-refractivity contribution is -0.402. The molecule has 2 aromatic rings. The van der Waals surface area contributed by atoms with Crippen LogP contribution in [0, 0.1) is 10.1 Å². The number of fused-ring (bicyclic) bond motifs is 1. The van der Waals surface area contributed by atoms with Crippen LogP contribution in [0.3, 0.4) is 0 Å². The lowest BCUT2D eigenvalue weighted by atomic mass is 9.97. The maximum Gasteiger partial charge on any atom is 0.433 e. The number of rotatable bonds is 7. The van der Waals surface area contributed by atoms with Crippen LogP contribution in [-0.4, -0.2) is 23.8 Å². The first-order valence-corrected chi connectivity index (χ1v) is 8.40. The Morgan fingerprint density at radius 1 is 1.32 bits per heavy atom. The Morgan fingerprint density at radius 3 is 2.96 bits per heavy atom. The summed E-state index contributed by atoms with van der Waals surface area (Å²) in [6.07, 6.45) is 6.56. The van der Waals surface area contributed by atoms with Gasteiger partial charge in [-0.1, -0.05) is 13.3 Å². The molecule has 1 aromatic carbocycles. The summed E-state index contributed by atoms with van der Waals surface area (Å²) in [5, 5.41) is 10.7. The van der Waals surface area contributed by atoms with Gasteiger partial charge in [0.05, 0.1) is 18.4 Å². The number of nitro groups is 1. The Kier molecular flexibility index (Phi) is 5.28. The van der Waals surface area contributed by atoms with Crippen molar-refractivity contribution in [1.29, 1.82) is 0 Å². The zero-order chi connectivity index (χ0) is 17.6. The van der Waals surface area contributed by atoms with E-state index in [4.69, 9.17) is 9.15 Å². The average Bonchev–Trinajstić information content (AvgIpc) is 3.09. The molecule has 2 heterocycles. The molecule has 0 unspecified atom stereocenters. The summed E-state index contributed by atoms with van der Waals surface area (Å²) < 4.78 is 10.9. The van der Waals surface area contributed by atoms with Gasteiger partial charge in [0.2, 0.25) is 0 Å². The van der Waals surface area contributed by atoms with Crippen molar-refractivity contribution in [3.63, 3.8) is 0 Å². The summed E-state index contributed by atoms with van der Waals surface area (Å²) in [4.78, 5) is 14.7. The second-order valence-electron chi connectivity index (χ2n) is 5.80. The smallest absolute Gasteiger partial charge is 0.433 e. The van der Waals surface area contributed by atoms with E-state index in [2.05, 4.69) is 18.0 Å². The van der Waals surface area contributed by atoms with E-state index in [9.17, 15) is 10.1 Å². The Morgan fingerprint density at radius 2 is 2.20 bits per heavy atom. The molecule has 0 N–H and O–H groups in total. The average molecular weight is 340 g/mol. The van der Waals surface area contributed by atoms with Crippen LogP contribution in [-0.2, 0) is 6.42 Å². The molecule has 0 bridgehead atoms. The molecule has 0 aliphatic carbocycles. The van der Waals surface area contributed by atoms with Crippen molar-refractivity contribution < 1.29 is 14.1 Å². The highest BCUT2D eigenvalue weighted by Crippen LogP contribution is 2.24. The predicted octanol–water partition coefficient (Wildman–Crippen LogP) is 4.43. The third-order valence-corrected chi connectivity index (χ3v) is 3.98. The largest absolute Gasteiger partial charge is 0.494 e. The number of benzene rings is 1. The summed E-state index contributed by atoms with van der Waals surface area (Å²) in [5.74, 6) is 1.06. The molecule has 1 aliphatic rings. The first-order chi connectivity index (χ1) is 12.2. The van der Waals surface area contributed by atoms with Crippen molar-refractivity contribution in [3.8, 4) is 5.75 Å². The zero-order valence-electron chi connectivity index (χ0n) is 14.1. The van der Waals surface area contributed by atoms with Crippen LogP contribution in [0.25, 0.3) is 6.08 Å². The quantitative estimate of drug-likeness (QED) is 0.424. The second kappa shape index (κ2) is 7.79. The van der Waals surface area contributed by atoms with Crippen molar-refractivity contribution in [2.45, 2.75) is 26.2 Å². The minimum atomic E-state index is -0.551. The van der Waals surface area contributed by atoms with Crippen LogP contribution in [0.5, 0.6) is 5.75 Å². The normalized spacial score (nSPS) is 13.6. The van der Waals surface area contributed by atoms with Crippen molar-refractivity contribution in [1.82, 2.24) is 0 Å². The molecule has 0 atom stereocenters. The van der Waals surface area contributed by atoms with E-state index in [0.29, 0.717) is 12.3 Å². The van der Waals surface area contributed by atoms with Gasteiger partial charge in [-0.3, -0.25) is 15.1 Å². The van der Waals surface area contributed by atoms with Gasteiger partial charge in [0.1, 0.15) is 16.4 Å². The minimum Gasteiger partial charge on any atom is -0.494 e. The van der Waals surface area contributed by atoms with Gasteiger partial charge < -0.3 is 9.15 Å². The van der Waals surface area contributed by atoms with Crippen LogP contribution in [0.15, 0.2) is 45.8 Å². The SMILES string of the molecule is CCCCOc1ccc2c(c1)CCN=C2/C=C/c1ccc([N+](=O)[O-])o1. The summed E-state index contributed by atoms with van der Waals surface area (Å²) in [5.41, 5.74) is 3.11. The number of aliphatic imine (C=N–C) groups is 1. The fourth-order valence-corrected chi connectivity index (χ4v) is 2.67. The molecule has 0 spiro atoms. The third-order valence-electron chi connectivity index (χ3n) is 3.98. The van der Waals surface area contributed by atoms with Crippen molar-refractivity contribution in [2.75, 3.05) is 13.2 Å². The van der Waals surface area contributed by atoms with E-state index in [0.717, 1.165) is 42.9 Å². The second-order valence-corrected chi connectivity index (χ2v) is 5.80. The topological polar surface area (TPSA) is 77.9 Å². The highest BCUT2D eigenvalue weighted by atomic mass is 16.6. The number of nitrogens with zero attached hydrogens (tertiary/aromatic N) is 2. The van der Waals surface area contributed by atoms with E-state index < -0.39 is 4.92 Å². The van der Waals surface area contributed by atoms with Crippen molar-refractivity contribution in [2.24, 2.45) is 4.99 Å². The molecule has 25 heavy (non-hydrogen) atoms. The lowest BCUT2D eigenvalue weighted by Crippen LogP contribution is -2.11. The van der Waals surface area contributed by atoms with E-state index in [1.165, 1.54) is 11.6 Å². The molecule has 0 fully saturated rings. The van der Waals surface area contributed by atoms with Crippen LogP contribution in [0.1, 0.15) is 36.7 Å². The molecule has 130 valence electrons. The molecule has 1 aliphatic heterocycles. The first kappa shape index (κ1) is 17.0. The van der Waals surface area contributed by atoms with E-state index >= 15 is 0 Å². The summed E-state index contributed by atoms with van der Waals surface area (Å²) in [6, 6.07) is 8.97. The maximum atomic E-state index is 10.7. The molecule has 3 rings (SSSR count). The van der Waals surface area contributed by atoms with Gasteiger partial charge in [0, 0.05) is 12.1 Å². The monoisotopic (exact) mass is 340 g/mol. The third kappa shape index (κ3) is 4.15. The highest BCUT2D eigenvalue weighted by molar-refractivity contribution is 6.12. The summed E-state index contributed by atoms with van der Waals surface area (Å²) in [6.45, 7) is 3.58. The van der Waals surface area contributed by atoms with Gasteiger partial charge in [-0.05, 0) is 54.8 Å². The molecule has 6 heteroatoms. The Bertz CT molecular complexity index is 821. The van der Waals surface area contributed by atoms with E-state index in [1.54, 1.807) is 12.1 Å². The van der Waals surface area contributed by atoms with Gasteiger partial charge in [0.15, 0.2) is 0 Å². The molecule has 0 radical (unpaired) electrons. The molecule has 0 saturated carbocycles. The predicted molar refractivity (Wildman–Crippen MR) is 96.3 cm³/mol. The van der Waals surface area contributed by atoms with E-state index in [-0.39, 0.29) is 5.88 Å². The number of hydrogen-bond donors (Lipinski definition) is 0. The van der Waals surface area contributed by atoms with Crippen LogP contribution >= 0.6 is 0 Å². The fourth-order valence-electron chi connectivity index (χ4n) is 2.67. The van der Waals surface area contributed by atoms with Gasteiger partial charge >= 0.3 is 5.88 Å². The number of allylic oxidation sites excluding steroid dienone is 1. The zero-order valence-corrected chi connectivity index (χ0v) is 14.1. The van der Waals surface area contributed by atoms with Gasteiger partial charge in [0.25, 0.3) is 0 Å². The van der Waals surface area contributed by atoms with Crippen LogP contribution in [0.2, 0.25) is 0 Å². The number of furan rings is 1. The number of ether oxygens (including phenoxy) is 1. The molecule has 6 nitrogen and oxygen atoms in total. The van der Waals surface area contributed by atoms with Gasteiger partial charge in [-0.25, -0.2) is 0 Å². The Hall–Kier alpha value is -2.89. The van der Waals surface area contributed by atoms with Crippen LogP contribution in [0.4, 0.5) is 5.88 Å². The standard InChI is InChI=1S/C19H20N2O4/c1-2-3-12-24-16-4-7-17-14(13-16)10-11-20-18(17)8-5-15-6-9-19(25-15)21(22)23/h4-9,13H,2-3,10-12H2,1H3/b8-5+. The molecule has 1 aromatic heterocycles. The van der Waals surface area contributed by atoms with Crippen molar-refractivity contribution >= 4 is 17.7 Å². The lowest BCUT2D eigenvalue weighted by Gasteiger charge is -2.16. The molecular formula is C19H20N2O4. The Labute approximate surface area is 146 Å². The summed E-state index contributed by atoms with van der Waals surface area (Å²) >= 11 is 0. The van der Waals surface area contributed by atoms with Gasteiger partial charge in [-0.2, -0.15) is 0 Å². The Balaban J connectivity index is 1.74. The van der Waals surface area contributed by atoms with E-state index in [1.807, 2.05) is 18.2 Å². The molecule has 0 saturated heterocycles. The molecular weight excluding hydrogens is 320 g/mol. The molecule has 0 amide bonds. The number of hydrogen-bond acceptors (Lipinski definition) is 5. The first-order valence-electron chi connectivity index (χ1n) is 8.40. The van der Waals surface area contributed by atoms with Gasteiger partial charge in [-0.15, -0.1) is 0 Å².